The normalized spacial score (nSPS) is 14.3. The molecule has 0 radical (unpaired) electrons. The number of aromatic amines is 2. The molecule has 6 aromatic rings. The van der Waals surface area contributed by atoms with E-state index in [1.54, 1.807) is 24.9 Å². The number of hydrogen-bond donors (Lipinski definition) is 3. The Morgan fingerprint density at radius 1 is 1.08 bits per heavy atom. The van der Waals surface area contributed by atoms with E-state index in [0.29, 0.717) is 11.4 Å². The second-order valence-electron chi connectivity index (χ2n) is 10.1. The Labute approximate surface area is 223 Å². The number of fused-ring (bicyclic) bond motifs is 2. The van der Waals surface area contributed by atoms with Crippen molar-refractivity contribution in [2.45, 2.75) is 39.0 Å². The third kappa shape index (κ3) is 4.33. The third-order valence-corrected chi connectivity index (χ3v) is 7.44. The highest BCUT2D eigenvalue weighted by Gasteiger charge is 2.21. The number of carbonyl (C=O) groups is 1. The molecule has 3 N–H and O–H groups in total. The van der Waals surface area contributed by atoms with E-state index in [2.05, 4.69) is 35.5 Å². The Bertz CT molecular complexity index is 1820. The van der Waals surface area contributed by atoms with Crippen molar-refractivity contribution in [1.29, 1.82) is 0 Å². The van der Waals surface area contributed by atoms with Gasteiger partial charge in [0.05, 0.1) is 46.5 Å². The van der Waals surface area contributed by atoms with E-state index in [1.807, 2.05) is 48.0 Å². The van der Waals surface area contributed by atoms with Crippen molar-refractivity contribution in [3.05, 3.63) is 67.1 Å². The van der Waals surface area contributed by atoms with Crippen LogP contribution in [0, 0.1) is 12.8 Å². The molecule has 7 rings (SSSR count). The summed E-state index contributed by atoms with van der Waals surface area (Å²) in [7, 11) is 0. The minimum atomic E-state index is 0.0758. The lowest BCUT2D eigenvalue weighted by atomic mass is 9.88. The Balaban J connectivity index is 1.22. The van der Waals surface area contributed by atoms with Crippen LogP contribution in [0.15, 0.2) is 61.4 Å². The first-order chi connectivity index (χ1) is 19.1. The molecule has 6 heterocycles. The Kier molecular flexibility index (Phi) is 5.65. The number of nitrogens with one attached hydrogen (secondary N) is 3. The van der Waals surface area contributed by atoms with Gasteiger partial charge in [-0.05, 0) is 50.1 Å². The lowest BCUT2D eigenvalue weighted by Crippen LogP contribution is -2.24. The number of carbonyl (C=O) groups excluding carboxylic acids is 1. The molecule has 0 spiro atoms. The maximum absolute atomic E-state index is 12.8. The summed E-state index contributed by atoms with van der Waals surface area (Å²) in [5, 5.41) is 11.7. The first-order valence-corrected chi connectivity index (χ1v) is 13.2. The predicted molar refractivity (Wildman–Crippen MR) is 149 cm³/mol. The average Bonchev–Trinajstić information content (AvgIpc) is 3.71. The summed E-state index contributed by atoms with van der Waals surface area (Å²) in [6, 6.07) is 9.82. The zero-order chi connectivity index (χ0) is 26.3. The fourth-order valence-electron chi connectivity index (χ4n) is 5.42. The van der Waals surface area contributed by atoms with Crippen molar-refractivity contribution in [1.82, 2.24) is 39.7 Å². The largest absolute Gasteiger partial charge is 0.338 e. The number of H-pyrrole nitrogens is 2. The van der Waals surface area contributed by atoms with Crippen LogP contribution in [0.4, 0.5) is 5.69 Å². The van der Waals surface area contributed by atoms with Gasteiger partial charge in [-0.2, -0.15) is 5.10 Å². The van der Waals surface area contributed by atoms with Crippen LogP contribution in [0.5, 0.6) is 0 Å². The fraction of sp³-hybridized carbons (Fsp3) is 0.241. The van der Waals surface area contributed by atoms with Crippen LogP contribution >= 0.6 is 0 Å². The van der Waals surface area contributed by atoms with Gasteiger partial charge in [0.25, 0.3) is 0 Å². The van der Waals surface area contributed by atoms with Crippen LogP contribution in [-0.4, -0.2) is 45.6 Å². The van der Waals surface area contributed by atoms with Crippen LogP contribution < -0.4 is 5.32 Å². The van der Waals surface area contributed by atoms with Crippen LogP contribution in [-0.2, 0) is 4.79 Å². The van der Waals surface area contributed by atoms with Gasteiger partial charge in [0.2, 0.25) is 5.91 Å². The van der Waals surface area contributed by atoms with Gasteiger partial charge in [0, 0.05) is 35.5 Å². The maximum Gasteiger partial charge on any atom is 0.227 e. The topological polar surface area (TPSA) is 130 Å². The van der Waals surface area contributed by atoms with E-state index >= 15 is 0 Å². The van der Waals surface area contributed by atoms with Gasteiger partial charge >= 0.3 is 0 Å². The summed E-state index contributed by atoms with van der Waals surface area (Å²) in [5.74, 6) is 0.154. The van der Waals surface area contributed by atoms with Gasteiger partial charge in [0.15, 0.2) is 0 Å². The zero-order valence-corrected chi connectivity index (χ0v) is 21.5. The van der Waals surface area contributed by atoms with Gasteiger partial charge in [-0.3, -0.25) is 14.9 Å². The SMILES string of the molecule is Cc1cn(-c2ccnc3[nH]c(-c4n[nH]c5ccc(-c6cncc(NC(=O)C7CCCCC7)c6)nc45)cc23)cn1. The van der Waals surface area contributed by atoms with E-state index in [4.69, 9.17) is 4.98 Å². The standard InChI is InChI=1S/C29H27N9O/c1-17-15-38(16-32-17)25-9-10-31-28-21(25)12-24(35-28)27-26-23(36-37-27)8-7-22(34-26)19-11-20(14-30-13-19)33-29(39)18-5-3-2-4-6-18/h7-16,18H,2-6H2,1H3,(H,31,35)(H,33,39)(H,36,37). The smallest absolute Gasteiger partial charge is 0.227 e. The quantitative estimate of drug-likeness (QED) is 0.274. The summed E-state index contributed by atoms with van der Waals surface area (Å²) in [4.78, 5) is 34.4. The molecule has 10 nitrogen and oxygen atoms in total. The van der Waals surface area contributed by atoms with Gasteiger partial charge in [-0.1, -0.05) is 19.3 Å². The van der Waals surface area contributed by atoms with Crippen molar-refractivity contribution >= 4 is 33.7 Å². The highest BCUT2D eigenvalue weighted by atomic mass is 16.1. The molecule has 0 saturated heterocycles. The van der Waals surface area contributed by atoms with Gasteiger partial charge in [-0.25, -0.2) is 15.0 Å². The summed E-state index contributed by atoms with van der Waals surface area (Å²) >= 11 is 0. The second-order valence-corrected chi connectivity index (χ2v) is 10.1. The number of amides is 1. The van der Waals surface area contributed by atoms with E-state index < -0.39 is 0 Å². The van der Waals surface area contributed by atoms with E-state index in [9.17, 15) is 4.79 Å². The second kappa shape index (κ2) is 9.46. The number of aryl methyl sites for hydroxylation is 1. The lowest BCUT2D eigenvalue weighted by molar-refractivity contribution is -0.120. The summed E-state index contributed by atoms with van der Waals surface area (Å²) in [5.41, 5.74) is 7.99. The minimum absolute atomic E-state index is 0.0758. The fourth-order valence-corrected chi connectivity index (χ4v) is 5.42. The van der Waals surface area contributed by atoms with Gasteiger partial charge in [0.1, 0.15) is 16.9 Å². The molecule has 10 heteroatoms. The molecule has 1 amide bonds. The van der Waals surface area contributed by atoms with E-state index in [-0.39, 0.29) is 11.8 Å². The van der Waals surface area contributed by atoms with Crippen molar-refractivity contribution in [2.24, 2.45) is 5.92 Å². The summed E-state index contributed by atoms with van der Waals surface area (Å²) in [6.07, 6.45) is 14.4. The van der Waals surface area contributed by atoms with Gasteiger partial charge < -0.3 is 14.9 Å². The summed E-state index contributed by atoms with van der Waals surface area (Å²) in [6.45, 7) is 1.96. The molecule has 39 heavy (non-hydrogen) atoms. The van der Waals surface area contributed by atoms with E-state index in [1.165, 1.54) is 6.42 Å². The van der Waals surface area contributed by atoms with Crippen LogP contribution in [0.2, 0.25) is 0 Å². The monoisotopic (exact) mass is 517 g/mol. The van der Waals surface area contributed by atoms with Gasteiger partial charge in [-0.15, -0.1) is 0 Å². The van der Waals surface area contributed by atoms with Crippen LogP contribution in [0.3, 0.4) is 0 Å². The Morgan fingerprint density at radius 3 is 2.82 bits per heavy atom. The first kappa shape index (κ1) is 23.3. The number of nitrogens with zero attached hydrogens (tertiary/aromatic N) is 6. The number of hydrogen-bond acceptors (Lipinski definition) is 6. The molecule has 0 unspecified atom stereocenters. The molecule has 0 atom stereocenters. The highest BCUT2D eigenvalue weighted by Crippen LogP contribution is 2.32. The number of imidazole rings is 1. The molecule has 0 bridgehead atoms. The highest BCUT2D eigenvalue weighted by molar-refractivity contribution is 5.96. The minimum Gasteiger partial charge on any atom is -0.338 e. The maximum atomic E-state index is 12.8. The van der Waals surface area contributed by atoms with Crippen LogP contribution in [0.25, 0.3) is 50.4 Å². The predicted octanol–water partition coefficient (Wildman–Crippen LogP) is 5.58. The molecule has 1 aliphatic rings. The van der Waals surface area contributed by atoms with Crippen molar-refractivity contribution < 1.29 is 4.79 Å². The zero-order valence-electron chi connectivity index (χ0n) is 21.5. The average molecular weight is 518 g/mol. The van der Waals surface area contributed by atoms with Crippen molar-refractivity contribution in [2.75, 3.05) is 5.32 Å². The number of anilines is 1. The first-order valence-electron chi connectivity index (χ1n) is 13.2. The third-order valence-electron chi connectivity index (χ3n) is 7.44. The molecule has 1 aliphatic carbocycles. The molecule has 1 fully saturated rings. The molecule has 6 aromatic heterocycles. The molecular weight excluding hydrogens is 490 g/mol. The Hall–Kier alpha value is -4.86. The number of pyridine rings is 3. The van der Waals surface area contributed by atoms with Crippen LogP contribution in [0.1, 0.15) is 37.8 Å². The Morgan fingerprint density at radius 2 is 1.97 bits per heavy atom. The number of aromatic nitrogens is 8. The van der Waals surface area contributed by atoms with Crippen molar-refractivity contribution in [3.8, 4) is 28.3 Å². The molecule has 0 aromatic carbocycles. The molecule has 0 aliphatic heterocycles. The van der Waals surface area contributed by atoms with E-state index in [0.717, 1.165) is 76.1 Å². The molecular formula is C29H27N9O. The summed E-state index contributed by atoms with van der Waals surface area (Å²) < 4.78 is 1.99. The number of rotatable bonds is 5. The lowest BCUT2D eigenvalue weighted by Gasteiger charge is -2.20. The van der Waals surface area contributed by atoms with Crippen molar-refractivity contribution in [3.63, 3.8) is 0 Å². The molecule has 1 saturated carbocycles. The molecule has 194 valence electrons.